The molecule has 4 aromatic rings. The molecule has 0 aliphatic rings. The van der Waals surface area contributed by atoms with Crippen LogP contribution in [0.25, 0.3) is 10.6 Å². The van der Waals surface area contributed by atoms with Gasteiger partial charge in [0.2, 0.25) is 0 Å². The fourth-order valence-electron chi connectivity index (χ4n) is 3.29. The maximum Gasteiger partial charge on any atom is 0.416 e. The first-order valence-corrected chi connectivity index (χ1v) is 11.3. The van der Waals surface area contributed by atoms with E-state index in [2.05, 4.69) is 28.5 Å². The maximum atomic E-state index is 12.9. The van der Waals surface area contributed by atoms with E-state index in [4.69, 9.17) is 4.74 Å². The van der Waals surface area contributed by atoms with E-state index in [0.717, 1.165) is 23.3 Å². The first-order valence-electron chi connectivity index (χ1n) is 10.4. The summed E-state index contributed by atoms with van der Waals surface area (Å²) >= 11 is 1.28. The van der Waals surface area contributed by atoms with Crippen LogP contribution in [0.15, 0.2) is 72.1 Å². The molecule has 1 amide bonds. The maximum absolute atomic E-state index is 12.9. The lowest BCUT2D eigenvalue weighted by atomic mass is 10.1. The van der Waals surface area contributed by atoms with Gasteiger partial charge < -0.3 is 10.1 Å². The monoisotopic (exact) mass is 482 g/mol. The summed E-state index contributed by atoms with van der Waals surface area (Å²) in [6, 6.07) is 18.1. The fraction of sp³-hybridized carbons (Fsp3) is 0.154. The van der Waals surface area contributed by atoms with Crippen LogP contribution in [-0.4, -0.2) is 10.9 Å². The van der Waals surface area contributed by atoms with E-state index < -0.39 is 17.6 Å². The summed E-state index contributed by atoms with van der Waals surface area (Å²) in [7, 11) is 0. The molecule has 0 saturated carbocycles. The smallest absolute Gasteiger partial charge is 0.416 e. The van der Waals surface area contributed by atoms with Gasteiger partial charge >= 0.3 is 6.18 Å². The van der Waals surface area contributed by atoms with Crippen LogP contribution in [0.4, 0.5) is 18.9 Å². The van der Waals surface area contributed by atoms with Gasteiger partial charge in [0, 0.05) is 16.6 Å². The van der Waals surface area contributed by atoms with Crippen molar-refractivity contribution in [1.82, 2.24) is 4.98 Å². The second-order valence-electron chi connectivity index (χ2n) is 7.81. The van der Waals surface area contributed by atoms with E-state index >= 15 is 0 Å². The highest BCUT2D eigenvalue weighted by molar-refractivity contribution is 7.13. The number of thiazole rings is 1. The van der Waals surface area contributed by atoms with Gasteiger partial charge in [0.05, 0.1) is 5.56 Å². The Labute approximate surface area is 199 Å². The molecule has 0 aliphatic carbocycles. The largest absolute Gasteiger partial charge is 0.489 e. The minimum absolute atomic E-state index is 0.0553. The van der Waals surface area contributed by atoms with Gasteiger partial charge in [0.1, 0.15) is 23.1 Å². The highest BCUT2D eigenvalue weighted by Crippen LogP contribution is 2.31. The van der Waals surface area contributed by atoms with E-state index in [0.29, 0.717) is 17.4 Å². The van der Waals surface area contributed by atoms with Crippen molar-refractivity contribution in [3.8, 4) is 16.3 Å². The lowest BCUT2D eigenvalue weighted by molar-refractivity contribution is -0.137. The number of nitrogens with one attached hydrogen (secondary N) is 1. The Morgan fingerprint density at radius 2 is 1.79 bits per heavy atom. The van der Waals surface area contributed by atoms with Crippen molar-refractivity contribution >= 4 is 22.9 Å². The van der Waals surface area contributed by atoms with Gasteiger partial charge in [-0.2, -0.15) is 13.2 Å². The molecular formula is C26H21F3N2O2S. The Balaban J connectivity index is 1.41. The molecule has 1 aromatic heterocycles. The molecule has 1 N–H and O–H groups in total. The van der Waals surface area contributed by atoms with Gasteiger partial charge in [0.25, 0.3) is 5.91 Å². The summed E-state index contributed by atoms with van der Waals surface area (Å²) in [5.74, 6) is 0.138. The normalized spacial score (nSPS) is 11.3. The number of benzene rings is 3. The number of halogens is 3. The van der Waals surface area contributed by atoms with Crippen LogP contribution >= 0.6 is 11.3 Å². The molecule has 0 bridgehead atoms. The molecule has 4 rings (SSSR count). The number of alkyl halides is 3. The van der Waals surface area contributed by atoms with Gasteiger partial charge in [-0.25, -0.2) is 4.98 Å². The summed E-state index contributed by atoms with van der Waals surface area (Å²) in [5.41, 5.74) is 3.64. The highest BCUT2D eigenvalue weighted by Gasteiger charge is 2.30. The molecular weight excluding hydrogens is 461 g/mol. The van der Waals surface area contributed by atoms with Gasteiger partial charge in [0.15, 0.2) is 0 Å². The summed E-state index contributed by atoms with van der Waals surface area (Å²) in [6.07, 6.45) is -4.48. The van der Waals surface area contributed by atoms with Crippen molar-refractivity contribution in [1.29, 1.82) is 0 Å². The predicted octanol–water partition coefficient (Wildman–Crippen LogP) is 7.28. The Kier molecular flexibility index (Phi) is 6.70. The third kappa shape index (κ3) is 5.63. The molecule has 1 heterocycles. The van der Waals surface area contributed by atoms with Gasteiger partial charge in [-0.1, -0.05) is 29.8 Å². The van der Waals surface area contributed by atoms with Gasteiger partial charge in [-0.05, 0) is 67.4 Å². The summed E-state index contributed by atoms with van der Waals surface area (Å²) in [6.45, 7) is 4.55. The second-order valence-corrected chi connectivity index (χ2v) is 8.67. The number of anilines is 1. The van der Waals surface area contributed by atoms with E-state index in [-0.39, 0.29) is 11.4 Å². The van der Waals surface area contributed by atoms with Crippen molar-refractivity contribution in [3.63, 3.8) is 0 Å². The Hall–Kier alpha value is -3.65. The van der Waals surface area contributed by atoms with Crippen LogP contribution in [0.3, 0.4) is 0 Å². The first kappa shape index (κ1) is 23.5. The molecule has 0 atom stereocenters. The molecule has 174 valence electrons. The Morgan fingerprint density at radius 3 is 2.53 bits per heavy atom. The molecule has 4 nitrogen and oxygen atoms in total. The molecule has 34 heavy (non-hydrogen) atoms. The average molecular weight is 483 g/mol. The molecule has 0 aliphatic heterocycles. The zero-order chi connectivity index (χ0) is 24.3. The van der Waals surface area contributed by atoms with Crippen LogP contribution in [-0.2, 0) is 12.8 Å². The number of hydrogen-bond acceptors (Lipinski definition) is 4. The van der Waals surface area contributed by atoms with Gasteiger partial charge in [-0.15, -0.1) is 11.3 Å². The van der Waals surface area contributed by atoms with E-state index in [1.165, 1.54) is 34.6 Å². The quantitative estimate of drug-likeness (QED) is 0.314. The predicted molar refractivity (Wildman–Crippen MR) is 127 cm³/mol. The summed E-state index contributed by atoms with van der Waals surface area (Å²) in [5, 5.41) is 4.66. The number of amides is 1. The fourth-order valence-corrected chi connectivity index (χ4v) is 4.10. The van der Waals surface area contributed by atoms with Gasteiger partial charge in [-0.3, -0.25) is 4.79 Å². The highest BCUT2D eigenvalue weighted by atomic mass is 32.1. The molecule has 3 aromatic carbocycles. The number of rotatable bonds is 6. The molecule has 0 fully saturated rings. The van der Waals surface area contributed by atoms with E-state index in [1.54, 1.807) is 5.38 Å². The van der Waals surface area contributed by atoms with Crippen molar-refractivity contribution in [2.24, 2.45) is 0 Å². The van der Waals surface area contributed by atoms with Crippen molar-refractivity contribution in [2.75, 3.05) is 5.32 Å². The number of aromatic nitrogens is 1. The summed E-state index contributed by atoms with van der Waals surface area (Å²) < 4.78 is 44.6. The lowest BCUT2D eigenvalue weighted by Crippen LogP contribution is -2.13. The Bertz CT molecular complexity index is 1310. The van der Waals surface area contributed by atoms with Crippen molar-refractivity contribution in [2.45, 2.75) is 26.6 Å². The third-order valence-corrected chi connectivity index (χ3v) is 6.08. The minimum atomic E-state index is -4.48. The minimum Gasteiger partial charge on any atom is -0.489 e. The average Bonchev–Trinajstić information content (AvgIpc) is 3.30. The van der Waals surface area contributed by atoms with E-state index in [9.17, 15) is 18.0 Å². The van der Waals surface area contributed by atoms with Crippen molar-refractivity contribution < 1.29 is 22.7 Å². The number of carbonyl (C=O) groups is 1. The molecule has 0 spiro atoms. The third-order valence-electron chi connectivity index (χ3n) is 5.18. The van der Waals surface area contributed by atoms with Crippen molar-refractivity contribution in [3.05, 3.63) is 100 Å². The number of hydrogen-bond donors (Lipinski definition) is 1. The number of nitrogens with zero attached hydrogens (tertiary/aromatic N) is 1. The SMILES string of the molecule is Cc1ccc(C)c(COc2ccc(-c3nc(C(=O)Nc4cccc(C(F)(F)F)c4)cs3)cc2)c1. The number of carbonyl (C=O) groups excluding carboxylic acids is 1. The lowest BCUT2D eigenvalue weighted by Gasteiger charge is -2.10. The molecule has 8 heteroatoms. The topological polar surface area (TPSA) is 51.2 Å². The number of aryl methyl sites for hydroxylation is 2. The standard InChI is InChI=1S/C26H21F3N2O2S/c1-16-6-7-17(2)19(12-16)14-33-22-10-8-18(9-11-22)25-31-23(15-34-25)24(32)30-21-5-3-4-20(13-21)26(27,28)29/h3-13,15H,14H2,1-2H3,(H,30,32). The summed E-state index contributed by atoms with van der Waals surface area (Å²) in [4.78, 5) is 16.8. The van der Waals surface area contributed by atoms with E-state index in [1.807, 2.05) is 38.1 Å². The zero-order valence-electron chi connectivity index (χ0n) is 18.4. The van der Waals surface area contributed by atoms with Crippen LogP contribution < -0.4 is 10.1 Å². The first-order chi connectivity index (χ1) is 16.2. The van der Waals surface area contributed by atoms with Crippen LogP contribution in [0.5, 0.6) is 5.75 Å². The van der Waals surface area contributed by atoms with Crippen LogP contribution in [0.1, 0.15) is 32.7 Å². The molecule has 0 saturated heterocycles. The van der Waals surface area contributed by atoms with Crippen LogP contribution in [0.2, 0.25) is 0 Å². The Morgan fingerprint density at radius 1 is 1.03 bits per heavy atom. The molecule has 0 radical (unpaired) electrons. The van der Waals surface area contributed by atoms with Crippen LogP contribution in [0, 0.1) is 13.8 Å². The molecule has 0 unspecified atom stereocenters. The zero-order valence-corrected chi connectivity index (χ0v) is 19.3. The second kappa shape index (κ2) is 9.69. The number of ether oxygens (including phenoxy) is 1.